The first-order valence-corrected chi connectivity index (χ1v) is 11.7. The third kappa shape index (κ3) is 9.69. The number of unbranched alkanes of at least 4 members (excludes halogenated alkanes) is 1. The van der Waals surface area contributed by atoms with Crippen molar-refractivity contribution in [2.75, 3.05) is 69.3 Å². The zero-order chi connectivity index (χ0) is 19.3. The average molecular weight is 520 g/mol. The molecule has 1 heterocycles. The van der Waals surface area contributed by atoms with E-state index in [1.165, 1.54) is 24.2 Å². The standard InChI is InChI=1S/C21H37N5S.HI/c1-4-22-21(24-11-17-27-3)23-10-5-6-12-25-13-15-26(16-14-25)20-9-7-8-19(2)18-20;/h7-9,18H,4-6,10-17H2,1-3H3,(H2,22,23,24);1H. The highest BCUT2D eigenvalue weighted by molar-refractivity contribution is 14.0. The molecule has 0 atom stereocenters. The van der Waals surface area contributed by atoms with E-state index in [9.17, 15) is 0 Å². The van der Waals surface area contributed by atoms with Crippen LogP contribution in [0.15, 0.2) is 29.3 Å². The Balaban J connectivity index is 0.00000392. The quantitative estimate of drug-likeness (QED) is 0.215. The summed E-state index contributed by atoms with van der Waals surface area (Å²) in [5.74, 6) is 2.07. The third-order valence-corrected chi connectivity index (χ3v) is 5.45. The number of nitrogens with zero attached hydrogens (tertiary/aromatic N) is 3. The molecule has 0 spiro atoms. The van der Waals surface area contributed by atoms with Crippen LogP contribution in [0.3, 0.4) is 0 Å². The summed E-state index contributed by atoms with van der Waals surface area (Å²) in [6.07, 6.45) is 4.50. The first-order chi connectivity index (χ1) is 13.2. The van der Waals surface area contributed by atoms with Gasteiger partial charge in [-0.1, -0.05) is 12.1 Å². The van der Waals surface area contributed by atoms with Crippen LogP contribution in [0.4, 0.5) is 5.69 Å². The molecule has 0 aliphatic carbocycles. The molecule has 0 saturated carbocycles. The monoisotopic (exact) mass is 519 g/mol. The van der Waals surface area contributed by atoms with Gasteiger partial charge in [0.15, 0.2) is 5.96 Å². The molecule has 0 bridgehead atoms. The Morgan fingerprint density at radius 1 is 1.14 bits per heavy atom. The molecule has 0 radical (unpaired) electrons. The topological polar surface area (TPSA) is 42.9 Å². The number of thioether (sulfide) groups is 1. The van der Waals surface area contributed by atoms with Crippen LogP contribution in [0, 0.1) is 6.92 Å². The van der Waals surface area contributed by atoms with Gasteiger partial charge in [-0.15, -0.1) is 24.0 Å². The summed E-state index contributed by atoms with van der Waals surface area (Å²) in [7, 11) is 0. The van der Waals surface area contributed by atoms with Gasteiger partial charge in [-0.3, -0.25) is 9.89 Å². The van der Waals surface area contributed by atoms with Crippen LogP contribution in [0.1, 0.15) is 25.3 Å². The number of anilines is 1. The van der Waals surface area contributed by atoms with Gasteiger partial charge >= 0.3 is 0 Å². The fourth-order valence-electron chi connectivity index (χ4n) is 3.31. The highest BCUT2D eigenvalue weighted by Crippen LogP contribution is 2.17. The van der Waals surface area contributed by atoms with E-state index in [2.05, 4.69) is 69.8 Å². The van der Waals surface area contributed by atoms with Gasteiger partial charge in [0.05, 0.1) is 0 Å². The second-order valence-electron chi connectivity index (χ2n) is 7.06. The van der Waals surface area contributed by atoms with Crippen LogP contribution in [0.5, 0.6) is 0 Å². The predicted octanol–water partition coefficient (Wildman–Crippen LogP) is 3.43. The highest BCUT2D eigenvalue weighted by atomic mass is 127. The summed E-state index contributed by atoms with van der Waals surface area (Å²) >= 11 is 1.85. The number of nitrogens with one attached hydrogen (secondary N) is 2. The molecule has 1 aromatic carbocycles. The van der Waals surface area contributed by atoms with Crippen LogP contribution in [-0.2, 0) is 0 Å². The molecule has 7 heteroatoms. The normalized spacial score (nSPS) is 15.2. The Labute approximate surface area is 193 Å². The Morgan fingerprint density at radius 3 is 2.61 bits per heavy atom. The van der Waals surface area contributed by atoms with Gasteiger partial charge in [0.2, 0.25) is 0 Å². The minimum Gasteiger partial charge on any atom is -0.369 e. The van der Waals surface area contributed by atoms with E-state index in [1.54, 1.807) is 0 Å². The molecule has 160 valence electrons. The summed E-state index contributed by atoms with van der Waals surface area (Å²) in [4.78, 5) is 9.79. The number of piperazine rings is 1. The fourth-order valence-corrected chi connectivity index (χ4v) is 3.61. The Hall–Kier alpha value is -0.670. The summed E-state index contributed by atoms with van der Waals surface area (Å²) in [6.45, 7) is 12.8. The number of guanidine groups is 1. The van der Waals surface area contributed by atoms with Crippen molar-refractivity contribution in [2.24, 2.45) is 4.99 Å². The molecule has 2 N–H and O–H groups in total. The van der Waals surface area contributed by atoms with Crippen LogP contribution in [-0.4, -0.2) is 75.2 Å². The van der Waals surface area contributed by atoms with E-state index in [4.69, 9.17) is 0 Å². The van der Waals surface area contributed by atoms with E-state index in [0.717, 1.165) is 63.9 Å². The maximum atomic E-state index is 4.69. The maximum Gasteiger partial charge on any atom is 0.191 e. The Morgan fingerprint density at radius 2 is 1.93 bits per heavy atom. The van der Waals surface area contributed by atoms with Crippen molar-refractivity contribution in [2.45, 2.75) is 26.7 Å². The zero-order valence-electron chi connectivity index (χ0n) is 17.7. The van der Waals surface area contributed by atoms with Crippen molar-refractivity contribution in [3.8, 4) is 0 Å². The van der Waals surface area contributed by atoms with E-state index in [-0.39, 0.29) is 24.0 Å². The van der Waals surface area contributed by atoms with Crippen molar-refractivity contribution in [3.05, 3.63) is 29.8 Å². The summed E-state index contributed by atoms with van der Waals surface area (Å²) < 4.78 is 0. The van der Waals surface area contributed by atoms with Gasteiger partial charge in [-0.2, -0.15) is 11.8 Å². The number of aryl methyl sites for hydroxylation is 1. The fraction of sp³-hybridized carbons (Fsp3) is 0.667. The molecular weight excluding hydrogens is 481 g/mol. The number of benzene rings is 1. The molecule has 1 aromatic rings. The zero-order valence-corrected chi connectivity index (χ0v) is 20.9. The lowest BCUT2D eigenvalue weighted by Gasteiger charge is -2.36. The maximum absolute atomic E-state index is 4.69. The van der Waals surface area contributed by atoms with Gasteiger partial charge in [-0.25, -0.2) is 0 Å². The van der Waals surface area contributed by atoms with E-state index >= 15 is 0 Å². The number of rotatable bonds is 10. The lowest BCUT2D eigenvalue weighted by atomic mass is 10.2. The number of hydrogen-bond acceptors (Lipinski definition) is 4. The van der Waals surface area contributed by atoms with Crippen molar-refractivity contribution >= 4 is 47.4 Å². The first-order valence-electron chi connectivity index (χ1n) is 10.3. The molecule has 0 amide bonds. The molecule has 28 heavy (non-hydrogen) atoms. The summed E-state index contributed by atoms with van der Waals surface area (Å²) in [6, 6.07) is 8.86. The molecular formula is C21H38IN5S. The molecule has 1 saturated heterocycles. The van der Waals surface area contributed by atoms with Gasteiger partial charge < -0.3 is 15.5 Å². The Bertz CT molecular complexity index is 561. The van der Waals surface area contributed by atoms with Crippen molar-refractivity contribution in [1.82, 2.24) is 15.5 Å². The number of aliphatic imine (C=N–C) groups is 1. The van der Waals surface area contributed by atoms with Gasteiger partial charge in [-0.05, 0) is 57.2 Å². The predicted molar refractivity (Wildman–Crippen MR) is 137 cm³/mol. The minimum absolute atomic E-state index is 0. The van der Waals surface area contributed by atoms with E-state index < -0.39 is 0 Å². The van der Waals surface area contributed by atoms with E-state index in [0.29, 0.717) is 0 Å². The first kappa shape index (κ1) is 25.4. The highest BCUT2D eigenvalue weighted by Gasteiger charge is 2.16. The SMILES string of the molecule is CCNC(=NCCCCN1CCN(c2cccc(C)c2)CC1)NCCSC.I. The minimum atomic E-state index is 0. The average Bonchev–Trinajstić information content (AvgIpc) is 2.68. The van der Waals surface area contributed by atoms with Crippen LogP contribution >= 0.6 is 35.7 Å². The van der Waals surface area contributed by atoms with Crippen LogP contribution < -0.4 is 15.5 Å². The van der Waals surface area contributed by atoms with Gasteiger partial charge in [0, 0.05) is 57.3 Å². The second kappa shape index (κ2) is 15.2. The molecule has 1 aliphatic heterocycles. The summed E-state index contributed by atoms with van der Waals surface area (Å²) in [5.41, 5.74) is 2.71. The number of halogens is 1. The smallest absolute Gasteiger partial charge is 0.191 e. The lowest BCUT2D eigenvalue weighted by Crippen LogP contribution is -2.46. The molecule has 0 unspecified atom stereocenters. The molecule has 1 aliphatic rings. The van der Waals surface area contributed by atoms with Gasteiger partial charge in [0.25, 0.3) is 0 Å². The molecule has 1 fully saturated rings. The third-order valence-electron chi connectivity index (χ3n) is 4.83. The summed E-state index contributed by atoms with van der Waals surface area (Å²) in [5, 5.41) is 6.71. The molecule has 0 aromatic heterocycles. The van der Waals surface area contributed by atoms with Crippen LogP contribution in [0.25, 0.3) is 0 Å². The second-order valence-corrected chi connectivity index (χ2v) is 8.04. The molecule has 2 rings (SSSR count). The van der Waals surface area contributed by atoms with Crippen molar-refractivity contribution in [1.29, 1.82) is 0 Å². The lowest BCUT2D eigenvalue weighted by molar-refractivity contribution is 0.253. The molecule has 5 nitrogen and oxygen atoms in total. The number of hydrogen-bond donors (Lipinski definition) is 2. The van der Waals surface area contributed by atoms with Crippen molar-refractivity contribution in [3.63, 3.8) is 0 Å². The van der Waals surface area contributed by atoms with E-state index in [1.807, 2.05) is 11.8 Å². The van der Waals surface area contributed by atoms with Gasteiger partial charge in [0.1, 0.15) is 0 Å². The Kier molecular flexibility index (Phi) is 13.8. The van der Waals surface area contributed by atoms with Crippen molar-refractivity contribution < 1.29 is 0 Å². The van der Waals surface area contributed by atoms with Crippen LogP contribution in [0.2, 0.25) is 0 Å². The largest absolute Gasteiger partial charge is 0.369 e.